The highest BCUT2D eigenvalue weighted by molar-refractivity contribution is 6.31. The first-order valence-electron chi connectivity index (χ1n) is 17.7. The number of piperazine rings is 1. The number of nitrogens with zero attached hydrogens (tertiary/aromatic N) is 4. The van der Waals surface area contributed by atoms with Gasteiger partial charge in [0.15, 0.2) is 0 Å². The van der Waals surface area contributed by atoms with Crippen molar-refractivity contribution < 1.29 is 33.3 Å². The molecule has 0 radical (unpaired) electrons. The summed E-state index contributed by atoms with van der Waals surface area (Å²) >= 11 is 6.64. The van der Waals surface area contributed by atoms with E-state index in [1.165, 1.54) is 17.3 Å². The maximum Gasteiger partial charge on any atom is 0.316 e. The number of hydrogen-bond donors (Lipinski definition) is 2. The van der Waals surface area contributed by atoms with Crippen molar-refractivity contribution in [3.63, 3.8) is 0 Å². The molecule has 1 aliphatic heterocycles. The van der Waals surface area contributed by atoms with Crippen molar-refractivity contribution in [2.45, 2.75) is 77.3 Å². The first-order chi connectivity index (χ1) is 25.0. The molecule has 52 heavy (non-hydrogen) atoms. The van der Waals surface area contributed by atoms with Gasteiger partial charge in [0.1, 0.15) is 18.4 Å². The Morgan fingerprint density at radius 1 is 1.08 bits per heavy atom. The summed E-state index contributed by atoms with van der Waals surface area (Å²) in [5.41, 5.74) is 2.78. The lowest BCUT2D eigenvalue weighted by Crippen LogP contribution is -2.61. The Labute approximate surface area is 310 Å². The van der Waals surface area contributed by atoms with Crippen molar-refractivity contribution in [3.05, 3.63) is 76.6 Å². The zero-order chi connectivity index (χ0) is 37.1. The topological polar surface area (TPSA) is 144 Å². The molecule has 2 aliphatic rings. The van der Waals surface area contributed by atoms with Gasteiger partial charge < -0.3 is 34.5 Å². The van der Waals surface area contributed by atoms with E-state index in [1.54, 1.807) is 7.11 Å². The molecule has 14 heteroatoms. The third-order valence-corrected chi connectivity index (χ3v) is 8.95. The first-order valence-corrected chi connectivity index (χ1v) is 18.1. The number of halogens is 1. The van der Waals surface area contributed by atoms with Gasteiger partial charge in [0.25, 0.3) is 0 Å². The number of carbonyl (C=O) groups is 3. The number of amides is 3. The largest absolute Gasteiger partial charge is 0.496 e. The van der Waals surface area contributed by atoms with Gasteiger partial charge in [0.05, 0.1) is 57.2 Å². The summed E-state index contributed by atoms with van der Waals surface area (Å²) in [5, 5.41) is 6.53. The van der Waals surface area contributed by atoms with Gasteiger partial charge in [-0.1, -0.05) is 41.9 Å². The van der Waals surface area contributed by atoms with Gasteiger partial charge in [-0.05, 0) is 63.3 Å². The second kappa shape index (κ2) is 18.5. The molecule has 3 amide bonds. The molecule has 2 fully saturated rings. The van der Waals surface area contributed by atoms with Gasteiger partial charge in [0, 0.05) is 42.7 Å². The molecule has 1 saturated carbocycles. The summed E-state index contributed by atoms with van der Waals surface area (Å²) in [5.74, 6) is 0.181. The van der Waals surface area contributed by atoms with Crippen LogP contribution in [0.2, 0.25) is 5.02 Å². The molecule has 1 atom stereocenters. The summed E-state index contributed by atoms with van der Waals surface area (Å²) in [7, 11) is 1.63. The number of carbonyl (C=O) groups excluding carboxylic acids is 3. The van der Waals surface area contributed by atoms with Gasteiger partial charge in [-0.2, -0.15) is 0 Å². The Morgan fingerprint density at radius 3 is 2.58 bits per heavy atom. The van der Waals surface area contributed by atoms with Gasteiger partial charge >= 0.3 is 6.01 Å². The number of methoxy groups -OCH3 is 1. The van der Waals surface area contributed by atoms with Crippen LogP contribution < -0.4 is 25.0 Å². The van der Waals surface area contributed by atoms with Crippen molar-refractivity contribution in [1.29, 1.82) is 0 Å². The maximum atomic E-state index is 14.2. The van der Waals surface area contributed by atoms with Crippen molar-refractivity contribution in [1.82, 2.24) is 25.5 Å². The van der Waals surface area contributed by atoms with E-state index in [9.17, 15) is 14.4 Å². The smallest absolute Gasteiger partial charge is 0.316 e. The number of anilines is 1. The Hall–Kier alpha value is -4.30. The Balaban J connectivity index is 1.16. The van der Waals surface area contributed by atoms with Crippen molar-refractivity contribution >= 4 is 35.0 Å². The molecule has 1 saturated heterocycles. The third-order valence-electron chi connectivity index (χ3n) is 8.58. The summed E-state index contributed by atoms with van der Waals surface area (Å²) in [6, 6.07) is 12.9. The third kappa shape index (κ3) is 11.3. The lowest BCUT2D eigenvalue weighted by Gasteiger charge is -2.38. The first kappa shape index (κ1) is 38.9. The molecule has 280 valence electrons. The number of benzene rings is 2. The van der Waals surface area contributed by atoms with E-state index in [0.717, 1.165) is 35.3 Å². The van der Waals surface area contributed by atoms with Crippen LogP contribution in [0.25, 0.3) is 0 Å². The highest BCUT2D eigenvalue weighted by Crippen LogP contribution is 2.32. The normalized spacial score (nSPS) is 16.1. The predicted octanol–water partition coefficient (Wildman–Crippen LogP) is 4.09. The van der Waals surface area contributed by atoms with Crippen molar-refractivity contribution in [2.75, 3.05) is 51.5 Å². The van der Waals surface area contributed by atoms with Crippen LogP contribution in [0.1, 0.15) is 56.7 Å². The second-order valence-electron chi connectivity index (χ2n) is 13.8. The molecule has 2 N–H and O–H groups in total. The zero-order valence-corrected chi connectivity index (χ0v) is 31.1. The van der Waals surface area contributed by atoms with Gasteiger partial charge in [0.2, 0.25) is 17.7 Å². The maximum absolute atomic E-state index is 14.2. The fourth-order valence-corrected chi connectivity index (χ4v) is 5.93. The standard InChI is InChI=1S/C38H49ClN6O7/c1-38(2,3)52-25-34(46)41-15-14-26-10-13-31(39)28(18-26)23-44(29-11-12-29)36(48)32-21-40-22-35(47)45(32)30-19-42-37(43-20-30)51-17-7-16-50-24-27-8-5-6-9-33(27)49-4/h5-6,8-10,13,18-20,29,32,40H,7,11-12,14-17,21-25H2,1-4H3,(H,41,46)/t32-/m1/s1. The number of aromatic nitrogens is 2. The Kier molecular flexibility index (Phi) is 13.8. The number of rotatable bonds is 18. The minimum Gasteiger partial charge on any atom is -0.496 e. The fourth-order valence-electron chi connectivity index (χ4n) is 5.76. The summed E-state index contributed by atoms with van der Waals surface area (Å²) in [4.78, 5) is 51.6. The molecule has 0 spiro atoms. The van der Waals surface area contributed by atoms with Crippen LogP contribution >= 0.6 is 11.6 Å². The monoisotopic (exact) mass is 736 g/mol. The van der Waals surface area contributed by atoms with E-state index in [1.807, 2.05) is 68.1 Å². The molecule has 2 heterocycles. The lowest BCUT2D eigenvalue weighted by atomic mass is 10.1. The second-order valence-corrected chi connectivity index (χ2v) is 14.2. The van der Waals surface area contributed by atoms with E-state index < -0.39 is 11.6 Å². The summed E-state index contributed by atoms with van der Waals surface area (Å²) in [6.07, 6.45) is 6.00. The minimum absolute atomic E-state index is 0.00394. The van der Waals surface area contributed by atoms with E-state index in [4.69, 9.17) is 30.5 Å². The lowest BCUT2D eigenvalue weighted by molar-refractivity contribution is -0.136. The number of nitrogens with one attached hydrogen (secondary N) is 2. The number of ether oxygens (including phenoxy) is 4. The average Bonchev–Trinajstić information content (AvgIpc) is 3.98. The molecule has 3 aromatic rings. The van der Waals surface area contributed by atoms with Crippen LogP contribution in [0.3, 0.4) is 0 Å². The predicted molar refractivity (Wildman–Crippen MR) is 196 cm³/mol. The SMILES string of the molecule is COc1ccccc1COCCCOc1ncc(N2C(=O)CNC[C@@H]2C(=O)N(Cc2cc(CCNC(=O)COC(C)(C)C)ccc2Cl)C2CC2)cn1. The summed E-state index contributed by atoms with van der Waals surface area (Å²) < 4.78 is 22.4. The van der Waals surface area contributed by atoms with E-state index in [0.29, 0.717) is 56.5 Å². The zero-order valence-electron chi connectivity index (χ0n) is 30.4. The van der Waals surface area contributed by atoms with Crippen LogP contribution in [0.4, 0.5) is 5.69 Å². The van der Waals surface area contributed by atoms with Crippen LogP contribution in [0, 0.1) is 0 Å². The fraction of sp³-hybridized carbons (Fsp3) is 0.500. The van der Waals surface area contributed by atoms with Crippen LogP contribution in [-0.2, 0) is 43.4 Å². The van der Waals surface area contributed by atoms with Crippen LogP contribution in [0.15, 0.2) is 54.9 Å². The van der Waals surface area contributed by atoms with E-state index in [2.05, 4.69) is 20.6 Å². The minimum atomic E-state index is -0.787. The van der Waals surface area contributed by atoms with Crippen LogP contribution in [-0.4, -0.2) is 96.8 Å². The van der Waals surface area contributed by atoms with Gasteiger partial charge in [-0.15, -0.1) is 0 Å². The molecule has 0 unspecified atom stereocenters. The van der Waals surface area contributed by atoms with Gasteiger partial charge in [-0.3, -0.25) is 19.3 Å². The Bertz CT molecular complexity index is 1660. The van der Waals surface area contributed by atoms with Gasteiger partial charge in [-0.25, -0.2) is 9.97 Å². The highest BCUT2D eigenvalue weighted by Gasteiger charge is 2.41. The quantitative estimate of drug-likeness (QED) is 0.183. The summed E-state index contributed by atoms with van der Waals surface area (Å²) in [6.45, 7) is 8.07. The molecule has 2 aromatic carbocycles. The van der Waals surface area contributed by atoms with Crippen molar-refractivity contribution in [3.8, 4) is 11.8 Å². The van der Waals surface area contributed by atoms with Crippen LogP contribution in [0.5, 0.6) is 11.8 Å². The number of para-hydroxylation sites is 1. The Morgan fingerprint density at radius 2 is 1.85 bits per heavy atom. The average molecular weight is 737 g/mol. The molecular formula is C38H49ClN6O7. The molecule has 1 aromatic heterocycles. The van der Waals surface area contributed by atoms with E-state index in [-0.39, 0.29) is 49.5 Å². The van der Waals surface area contributed by atoms with Crippen molar-refractivity contribution in [2.24, 2.45) is 0 Å². The molecule has 0 bridgehead atoms. The molecular weight excluding hydrogens is 688 g/mol. The molecule has 13 nitrogen and oxygen atoms in total. The highest BCUT2D eigenvalue weighted by atomic mass is 35.5. The number of hydrogen-bond acceptors (Lipinski definition) is 10. The molecule has 1 aliphatic carbocycles. The van der Waals surface area contributed by atoms with E-state index >= 15 is 0 Å². The molecule has 5 rings (SSSR count).